The van der Waals surface area contributed by atoms with Crippen LogP contribution in [0.25, 0.3) is 0 Å². The molecule has 4 unspecified atom stereocenters. The molecule has 112 valence electrons. The van der Waals surface area contributed by atoms with Crippen LogP contribution in [0.2, 0.25) is 0 Å². The molecule has 1 aliphatic heterocycles. The van der Waals surface area contributed by atoms with Crippen LogP contribution in [0.4, 0.5) is 5.82 Å². The molecule has 9 nitrogen and oxygen atoms in total. The summed E-state index contributed by atoms with van der Waals surface area (Å²) in [6.07, 6.45) is -1.56. The van der Waals surface area contributed by atoms with Gasteiger partial charge >= 0.3 is 5.69 Å². The third kappa shape index (κ3) is 2.00. The number of hydrogen-bond acceptors (Lipinski definition) is 8. The minimum atomic E-state index is -1.59. The third-order valence-corrected chi connectivity index (χ3v) is 3.62. The second-order valence-corrected chi connectivity index (χ2v) is 5.09. The number of nitrogens with one attached hydrogen (secondary N) is 1. The van der Waals surface area contributed by atoms with Crippen LogP contribution in [0.5, 0.6) is 0 Å². The Morgan fingerprint density at radius 3 is 2.55 bits per heavy atom. The number of aliphatic hydroxyl groups excluding tert-OH is 3. The van der Waals surface area contributed by atoms with Gasteiger partial charge in [0, 0.05) is 6.20 Å². The van der Waals surface area contributed by atoms with Gasteiger partial charge in [-0.3, -0.25) is 15.3 Å². The molecule has 0 bridgehead atoms. The number of aromatic nitrogens is 2. The average Bonchev–Trinajstić information content (AvgIpc) is 2.61. The van der Waals surface area contributed by atoms with Crippen molar-refractivity contribution in [3.8, 4) is 0 Å². The van der Waals surface area contributed by atoms with E-state index in [1.54, 1.807) is 5.48 Å². The molecule has 1 saturated heterocycles. The van der Waals surface area contributed by atoms with Crippen molar-refractivity contribution in [1.82, 2.24) is 9.55 Å². The van der Waals surface area contributed by atoms with Gasteiger partial charge in [-0.15, -0.1) is 0 Å². The normalized spacial score (nSPS) is 37.1. The number of ether oxygens (including phenoxy) is 1. The first-order valence-electron chi connectivity index (χ1n) is 5.96. The summed E-state index contributed by atoms with van der Waals surface area (Å²) in [5.74, 6) is -0.0622. The molecule has 2 rings (SSSR count). The molecule has 0 radical (unpaired) electrons. The zero-order valence-electron chi connectivity index (χ0n) is 11.0. The lowest BCUT2D eigenvalue weighted by Gasteiger charge is -2.31. The molecule has 20 heavy (non-hydrogen) atoms. The molecular weight excluding hydrogens is 270 g/mol. The minimum Gasteiger partial charge on any atom is -0.393 e. The van der Waals surface area contributed by atoms with Gasteiger partial charge < -0.3 is 20.1 Å². The SMILES string of the molecule is CC1(CO)OC(C)(n2ccc(NO)nc2=O)C(O)C1O. The Morgan fingerprint density at radius 1 is 1.45 bits per heavy atom. The Hall–Kier alpha value is -1.52. The molecule has 1 fully saturated rings. The maximum absolute atomic E-state index is 11.9. The fraction of sp³-hybridized carbons (Fsp3) is 0.636. The Labute approximate surface area is 114 Å². The number of hydrogen-bond donors (Lipinski definition) is 5. The van der Waals surface area contributed by atoms with Gasteiger partial charge in [-0.05, 0) is 19.9 Å². The predicted octanol–water partition coefficient (Wildman–Crippen LogP) is -1.78. The topological polar surface area (TPSA) is 137 Å². The minimum absolute atomic E-state index is 0.0622. The molecule has 4 atom stereocenters. The monoisotopic (exact) mass is 287 g/mol. The second-order valence-electron chi connectivity index (χ2n) is 5.09. The summed E-state index contributed by atoms with van der Waals surface area (Å²) in [4.78, 5) is 15.4. The van der Waals surface area contributed by atoms with E-state index >= 15 is 0 Å². The van der Waals surface area contributed by atoms with Crippen molar-refractivity contribution < 1.29 is 25.3 Å². The molecule has 0 aliphatic carbocycles. The Bertz CT molecular complexity index is 563. The summed E-state index contributed by atoms with van der Waals surface area (Å²) in [5.41, 5.74) is -2.05. The highest BCUT2D eigenvalue weighted by Gasteiger charge is 2.58. The summed E-state index contributed by atoms with van der Waals surface area (Å²) in [6.45, 7) is 2.30. The Morgan fingerprint density at radius 2 is 2.10 bits per heavy atom. The quantitative estimate of drug-likeness (QED) is 0.411. The molecule has 0 saturated carbocycles. The van der Waals surface area contributed by atoms with E-state index in [2.05, 4.69) is 4.98 Å². The van der Waals surface area contributed by atoms with E-state index in [1.807, 2.05) is 0 Å². The second kappa shape index (κ2) is 4.79. The van der Waals surface area contributed by atoms with Crippen LogP contribution < -0.4 is 11.2 Å². The van der Waals surface area contributed by atoms with Crippen LogP contribution in [0.1, 0.15) is 13.8 Å². The Kier molecular flexibility index (Phi) is 3.56. The van der Waals surface area contributed by atoms with E-state index in [1.165, 1.54) is 26.1 Å². The van der Waals surface area contributed by atoms with Crippen LogP contribution in [0.15, 0.2) is 17.1 Å². The van der Waals surface area contributed by atoms with E-state index in [4.69, 9.17) is 9.94 Å². The van der Waals surface area contributed by atoms with Gasteiger partial charge in [0.2, 0.25) is 0 Å². The molecule has 9 heteroatoms. The summed E-state index contributed by atoms with van der Waals surface area (Å²) in [6, 6.07) is 1.30. The molecule has 0 aromatic carbocycles. The van der Waals surface area contributed by atoms with Crippen molar-refractivity contribution in [3.05, 3.63) is 22.7 Å². The smallest absolute Gasteiger partial charge is 0.352 e. The van der Waals surface area contributed by atoms with Crippen LogP contribution in [-0.2, 0) is 10.5 Å². The molecule has 1 aliphatic rings. The average molecular weight is 287 g/mol. The van der Waals surface area contributed by atoms with Crippen LogP contribution in [0.3, 0.4) is 0 Å². The molecule has 0 spiro atoms. The van der Waals surface area contributed by atoms with Crippen molar-refractivity contribution in [1.29, 1.82) is 0 Å². The summed E-state index contributed by atoms with van der Waals surface area (Å²) in [5, 5.41) is 38.1. The summed E-state index contributed by atoms with van der Waals surface area (Å²) >= 11 is 0. The van der Waals surface area contributed by atoms with Crippen molar-refractivity contribution in [2.45, 2.75) is 37.4 Å². The van der Waals surface area contributed by atoms with E-state index in [9.17, 15) is 20.1 Å². The van der Waals surface area contributed by atoms with Gasteiger partial charge in [0.15, 0.2) is 11.5 Å². The predicted molar refractivity (Wildman–Crippen MR) is 66.1 cm³/mol. The van der Waals surface area contributed by atoms with E-state index in [0.717, 1.165) is 4.57 Å². The van der Waals surface area contributed by atoms with Crippen LogP contribution in [0, 0.1) is 0 Å². The largest absolute Gasteiger partial charge is 0.393 e. The number of anilines is 1. The van der Waals surface area contributed by atoms with Crippen LogP contribution in [-0.4, -0.2) is 54.5 Å². The molecule has 5 N–H and O–H groups in total. The summed E-state index contributed by atoms with van der Waals surface area (Å²) < 4.78 is 6.53. The van der Waals surface area contributed by atoms with E-state index in [0.29, 0.717) is 0 Å². The van der Waals surface area contributed by atoms with Crippen molar-refractivity contribution in [2.75, 3.05) is 12.1 Å². The molecule has 1 aromatic heterocycles. The zero-order valence-corrected chi connectivity index (χ0v) is 11.0. The van der Waals surface area contributed by atoms with Crippen LogP contribution >= 0.6 is 0 Å². The maximum atomic E-state index is 11.9. The van der Waals surface area contributed by atoms with Crippen molar-refractivity contribution in [3.63, 3.8) is 0 Å². The van der Waals surface area contributed by atoms with Gasteiger partial charge in [-0.1, -0.05) is 0 Å². The first-order chi connectivity index (χ1) is 9.28. The zero-order chi connectivity index (χ0) is 15.1. The highest BCUT2D eigenvalue weighted by Crippen LogP contribution is 2.40. The fourth-order valence-electron chi connectivity index (χ4n) is 2.34. The molecule has 1 aromatic rings. The van der Waals surface area contributed by atoms with Crippen molar-refractivity contribution in [2.24, 2.45) is 0 Å². The van der Waals surface area contributed by atoms with Gasteiger partial charge in [0.1, 0.15) is 17.8 Å². The first kappa shape index (κ1) is 14.9. The van der Waals surface area contributed by atoms with Crippen molar-refractivity contribution >= 4 is 5.82 Å². The highest BCUT2D eigenvalue weighted by atomic mass is 16.6. The fourth-order valence-corrected chi connectivity index (χ4v) is 2.34. The molecule has 0 amide bonds. The standard InChI is InChI=1S/C11H17N3O6/c1-10(5-15)7(16)8(17)11(2,20-10)14-4-3-6(13-19)12-9(14)18/h3-4,7-8,15-17,19H,5H2,1-2H3,(H,12,13,18). The van der Waals surface area contributed by atoms with E-state index < -0.39 is 35.8 Å². The van der Waals surface area contributed by atoms with Gasteiger partial charge in [-0.2, -0.15) is 4.98 Å². The number of rotatable bonds is 3. The lowest BCUT2D eigenvalue weighted by atomic mass is 9.96. The van der Waals surface area contributed by atoms with Gasteiger partial charge in [0.25, 0.3) is 0 Å². The third-order valence-electron chi connectivity index (χ3n) is 3.62. The number of nitrogens with zero attached hydrogens (tertiary/aromatic N) is 2. The maximum Gasteiger partial charge on any atom is 0.352 e. The number of aliphatic hydroxyl groups is 3. The lowest BCUT2D eigenvalue weighted by molar-refractivity contribution is -0.174. The summed E-state index contributed by atoms with van der Waals surface area (Å²) in [7, 11) is 0. The van der Waals surface area contributed by atoms with Gasteiger partial charge in [-0.25, -0.2) is 4.79 Å². The lowest BCUT2D eigenvalue weighted by Crippen LogP contribution is -2.48. The molecular formula is C11H17N3O6. The molecule has 2 heterocycles. The first-order valence-corrected chi connectivity index (χ1v) is 5.96. The van der Waals surface area contributed by atoms with Gasteiger partial charge in [0.05, 0.1) is 6.61 Å². The van der Waals surface area contributed by atoms with E-state index in [-0.39, 0.29) is 5.82 Å². The Balaban J connectivity index is 2.49. The highest BCUT2D eigenvalue weighted by molar-refractivity contribution is 5.28.